The van der Waals surface area contributed by atoms with Crippen molar-refractivity contribution in [1.29, 1.82) is 0 Å². The zero-order valence-electron chi connectivity index (χ0n) is 15.5. The van der Waals surface area contributed by atoms with E-state index in [4.69, 9.17) is 4.74 Å². The van der Waals surface area contributed by atoms with Gasteiger partial charge in [0.1, 0.15) is 5.78 Å². The maximum atomic E-state index is 12.2. The van der Waals surface area contributed by atoms with Crippen molar-refractivity contribution in [1.82, 2.24) is 0 Å². The van der Waals surface area contributed by atoms with Crippen LogP contribution in [0, 0.1) is 17.8 Å². The van der Waals surface area contributed by atoms with Gasteiger partial charge in [-0.15, -0.1) is 6.58 Å². The lowest BCUT2D eigenvalue weighted by Crippen LogP contribution is -2.52. The largest absolute Gasteiger partial charge is 0.371 e. The Morgan fingerprint density at radius 2 is 2.13 bits per heavy atom. The molecule has 23 heavy (non-hydrogen) atoms. The van der Waals surface area contributed by atoms with E-state index in [0.29, 0.717) is 30.5 Å². The molecule has 0 unspecified atom stereocenters. The van der Waals surface area contributed by atoms with Crippen molar-refractivity contribution in [2.75, 3.05) is 0 Å². The molecule has 0 aromatic rings. The summed E-state index contributed by atoms with van der Waals surface area (Å²) in [7, 11) is 0. The highest BCUT2D eigenvalue weighted by atomic mass is 16.5. The minimum atomic E-state index is 0.0517. The van der Waals surface area contributed by atoms with Crippen LogP contribution in [0.1, 0.15) is 85.0 Å². The molecular formula is C21H36O2. The fourth-order valence-electron chi connectivity index (χ4n) is 4.96. The number of Topliss-reactive ketones (excluding diaryl/α,β-unsaturated/α-hetero) is 1. The standard InChI is InChI=1S/C21H36O2/c1-5-6-7-9-18(22)14-19-10-8-13-21(23-19)15-17(4)11-12-20(21)16(2)3/h5,16-17,19-20H,1,6-15H2,2-4H3/t17-,19+,20+,21+/m1/s1. The van der Waals surface area contributed by atoms with E-state index in [9.17, 15) is 4.79 Å². The van der Waals surface area contributed by atoms with Crippen molar-refractivity contribution in [2.45, 2.75) is 96.7 Å². The van der Waals surface area contributed by atoms with Crippen LogP contribution in [-0.4, -0.2) is 17.5 Å². The zero-order chi connectivity index (χ0) is 16.9. The highest BCUT2D eigenvalue weighted by Crippen LogP contribution is 2.49. The quantitative estimate of drug-likeness (QED) is 0.444. The molecule has 2 heteroatoms. The minimum absolute atomic E-state index is 0.0517. The molecule has 2 fully saturated rings. The Morgan fingerprint density at radius 1 is 1.35 bits per heavy atom. The second-order valence-corrected chi connectivity index (χ2v) is 8.36. The predicted octanol–water partition coefficient (Wildman–Crippen LogP) is 5.70. The van der Waals surface area contributed by atoms with Crippen molar-refractivity contribution in [2.24, 2.45) is 17.8 Å². The molecule has 1 spiro atoms. The Bertz CT molecular complexity index is 401. The van der Waals surface area contributed by atoms with Gasteiger partial charge in [-0.25, -0.2) is 0 Å². The number of unbranched alkanes of at least 4 members (excludes halogenated alkanes) is 1. The first-order valence-electron chi connectivity index (χ1n) is 9.77. The second kappa shape index (κ2) is 8.46. The monoisotopic (exact) mass is 320 g/mol. The average Bonchev–Trinajstić information content (AvgIpc) is 2.47. The Balaban J connectivity index is 1.97. The van der Waals surface area contributed by atoms with Gasteiger partial charge in [0.05, 0.1) is 11.7 Å². The van der Waals surface area contributed by atoms with E-state index in [1.165, 1.54) is 32.1 Å². The summed E-state index contributed by atoms with van der Waals surface area (Å²) in [4.78, 5) is 12.2. The molecule has 0 amide bonds. The fourth-order valence-corrected chi connectivity index (χ4v) is 4.96. The number of hydrogen-bond acceptors (Lipinski definition) is 2. The molecule has 1 saturated heterocycles. The molecule has 1 aliphatic heterocycles. The van der Waals surface area contributed by atoms with Crippen LogP contribution < -0.4 is 0 Å². The summed E-state index contributed by atoms with van der Waals surface area (Å²) in [6, 6.07) is 0. The number of allylic oxidation sites excluding steroid dienone is 1. The van der Waals surface area contributed by atoms with E-state index >= 15 is 0 Å². The molecule has 0 bridgehead atoms. The van der Waals surface area contributed by atoms with Gasteiger partial charge in [-0.05, 0) is 62.7 Å². The molecule has 0 N–H and O–H groups in total. The van der Waals surface area contributed by atoms with E-state index in [1.54, 1.807) is 0 Å². The molecule has 0 aromatic carbocycles. The van der Waals surface area contributed by atoms with Crippen LogP contribution in [0.3, 0.4) is 0 Å². The summed E-state index contributed by atoms with van der Waals surface area (Å²) in [5, 5.41) is 0. The Hall–Kier alpha value is -0.630. The first-order valence-corrected chi connectivity index (χ1v) is 9.77. The van der Waals surface area contributed by atoms with Gasteiger partial charge in [0.25, 0.3) is 0 Å². The van der Waals surface area contributed by atoms with E-state index in [2.05, 4.69) is 27.4 Å². The third-order valence-corrected chi connectivity index (χ3v) is 5.99. The topological polar surface area (TPSA) is 26.3 Å². The molecule has 1 heterocycles. The van der Waals surface area contributed by atoms with Crippen molar-refractivity contribution in [3.05, 3.63) is 12.7 Å². The number of ketones is 1. The molecule has 0 radical (unpaired) electrons. The lowest BCUT2D eigenvalue weighted by Gasteiger charge is -2.52. The van der Waals surface area contributed by atoms with Crippen LogP contribution in [0.2, 0.25) is 0 Å². The van der Waals surface area contributed by atoms with Gasteiger partial charge in [-0.2, -0.15) is 0 Å². The Morgan fingerprint density at radius 3 is 2.83 bits per heavy atom. The Kier molecular flexibility index (Phi) is 6.88. The first-order chi connectivity index (χ1) is 11.0. The highest BCUT2D eigenvalue weighted by Gasteiger charge is 2.48. The van der Waals surface area contributed by atoms with Gasteiger partial charge < -0.3 is 4.74 Å². The third-order valence-electron chi connectivity index (χ3n) is 5.99. The molecular weight excluding hydrogens is 284 g/mol. The Labute approximate surface area is 143 Å². The number of hydrogen-bond donors (Lipinski definition) is 0. The van der Waals surface area contributed by atoms with E-state index in [1.807, 2.05) is 6.08 Å². The molecule has 132 valence electrons. The van der Waals surface area contributed by atoms with E-state index in [0.717, 1.165) is 25.2 Å². The normalized spacial score (nSPS) is 34.7. The van der Waals surface area contributed by atoms with Gasteiger partial charge in [-0.3, -0.25) is 4.79 Å². The van der Waals surface area contributed by atoms with E-state index in [-0.39, 0.29) is 11.7 Å². The van der Waals surface area contributed by atoms with Gasteiger partial charge in [0.2, 0.25) is 0 Å². The third kappa shape index (κ3) is 4.92. The van der Waals surface area contributed by atoms with Gasteiger partial charge >= 0.3 is 0 Å². The molecule has 1 saturated carbocycles. The molecule has 2 aliphatic rings. The lowest BCUT2D eigenvalue weighted by molar-refractivity contribution is -0.192. The minimum Gasteiger partial charge on any atom is -0.371 e. The van der Waals surface area contributed by atoms with Gasteiger partial charge in [0, 0.05) is 12.8 Å². The fraction of sp³-hybridized carbons (Fsp3) is 0.857. The van der Waals surface area contributed by atoms with Crippen molar-refractivity contribution in [3.63, 3.8) is 0 Å². The number of carbonyl (C=O) groups excluding carboxylic acids is 1. The molecule has 4 atom stereocenters. The average molecular weight is 321 g/mol. The molecule has 1 aliphatic carbocycles. The lowest BCUT2D eigenvalue weighted by atomic mass is 9.64. The molecule has 2 rings (SSSR count). The summed E-state index contributed by atoms with van der Waals surface area (Å²) in [6.45, 7) is 10.8. The van der Waals surface area contributed by atoms with Crippen LogP contribution in [-0.2, 0) is 9.53 Å². The number of ether oxygens (including phenoxy) is 1. The number of rotatable bonds is 7. The van der Waals surface area contributed by atoms with Gasteiger partial charge in [0.15, 0.2) is 0 Å². The molecule has 0 aromatic heterocycles. The van der Waals surface area contributed by atoms with Crippen LogP contribution >= 0.6 is 0 Å². The number of carbonyl (C=O) groups is 1. The zero-order valence-corrected chi connectivity index (χ0v) is 15.5. The van der Waals surface area contributed by atoms with Crippen LogP contribution in [0.15, 0.2) is 12.7 Å². The summed E-state index contributed by atoms with van der Waals surface area (Å²) in [6.07, 6.45) is 12.5. The smallest absolute Gasteiger partial charge is 0.135 e. The van der Waals surface area contributed by atoms with Gasteiger partial charge in [-0.1, -0.05) is 33.3 Å². The molecule has 2 nitrogen and oxygen atoms in total. The maximum Gasteiger partial charge on any atom is 0.135 e. The summed E-state index contributed by atoms with van der Waals surface area (Å²) in [5.74, 6) is 2.47. The summed E-state index contributed by atoms with van der Waals surface area (Å²) in [5.41, 5.74) is 0.0517. The maximum absolute atomic E-state index is 12.2. The second-order valence-electron chi connectivity index (χ2n) is 8.36. The van der Waals surface area contributed by atoms with Crippen LogP contribution in [0.4, 0.5) is 0 Å². The summed E-state index contributed by atoms with van der Waals surface area (Å²) >= 11 is 0. The van der Waals surface area contributed by atoms with Crippen molar-refractivity contribution < 1.29 is 9.53 Å². The van der Waals surface area contributed by atoms with Crippen molar-refractivity contribution >= 4 is 5.78 Å². The van der Waals surface area contributed by atoms with Crippen LogP contribution in [0.5, 0.6) is 0 Å². The highest BCUT2D eigenvalue weighted by molar-refractivity contribution is 5.78. The summed E-state index contributed by atoms with van der Waals surface area (Å²) < 4.78 is 6.70. The predicted molar refractivity (Wildman–Crippen MR) is 96.5 cm³/mol. The van der Waals surface area contributed by atoms with Crippen LogP contribution in [0.25, 0.3) is 0 Å². The first kappa shape index (κ1) is 18.7. The van der Waals surface area contributed by atoms with Crippen molar-refractivity contribution in [3.8, 4) is 0 Å². The van der Waals surface area contributed by atoms with E-state index < -0.39 is 0 Å². The SMILES string of the molecule is C=CCCCC(=O)C[C@@H]1CCC[C@@]2(C[C@H](C)CC[C@H]2C(C)C)O1.